The third kappa shape index (κ3) is 2.84. The van der Waals surface area contributed by atoms with E-state index in [0.29, 0.717) is 23.9 Å². The summed E-state index contributed by atoms with van der Waals surface area (Å²) in [6.45, 7) is 2.15. The van der Waals surface area contributed by atoms with Gasteiger partial charge in [0.25, 0.3) is 0 Å². The van der Waals surface area contributed by atoms with E-state index in [-0.39, 0.29) is 5.97 Å². The fourth-order valence-corrected chi connectivity index (χ4v) is 2.87. The van der Waals surface area contributed by atoms with Crippen LogP contribution in [0.15, 0.2) is 12.4 Å². The topological polar surface area (TPSA) is 79.9 Å². The number of fused-ring (bicyclic) bond motifs is 1. The van der Waals surface area contributed by atoms with Crippen LogP contribution in [0.2, 0.25) is 0 Å². The maximum atomic E-state index is 12.1. The molecule has 1 fully saturated rings. The predicted molar refractivity (Wildman–Crippen MR) is 80.3 cm³/mol. The number of carbonyl (C=O) groups is 1. The minimum Gasteiger partial charge on any atom is -0.462 e. The predicted octanol–water partition coefficient (Wildman–Crippen LogP) is 2.88. The Labute approximate surface area is 123 Å². The molecule has 6 heteroatoms. The van der Waals surface area contributed by atoms with Crippen molar-refractivity contribution in [3.63, 3.8) is 0 Å². The fourth-order valence-electron chi connectivity index (χ4n) is 2.87. The molecule has 2 aromatic rings. The third-order valence-electron chi connectivity index (χ3n) is 3.93. The molecule has 112 valence electrons. The number of H-pyrrole nitrogens is 1. The summed E-state index contributed by atoms with van der Waals surface area (Å²) < 4.78 is 5.13. The van der Waals surface area contributed by atoms with Crippen molar-refractivity contribution in [1.29, 1.82) is 0 Å². The second-order valence-corrected chi connectivity index (χ2v) is 5.38. The number of hydrogen-bond acceptors (Lipinski definition) is 5. The lowest BCUT2D eigenvalue weighted by atomic mass is 9.95. The van der Waals surface area contributed by atoms with E-state index >= 15 is 0 Å². The Morgan fingerprint density at radius 3 is 2.95 bits per heavy atom. The van der Waals surface area contributed by atoms with Crippen LogP contribution in [-0.2, 0) is 4.74 Å². The van der Waals surface area contributed by atoms with E-state index in [4.69, 9.17) is 4.74 Å². The summed E-state index contributed by atoms with van der Waals surface area (Å²) in [5, 5.41) is 11.2. The number of esters is 1. The van der Waals surface area contributed by atoms with Gasteiger partial charge in [0.15, 0.2) is 5.65 Å². The van der Waals surface area contributed by atoms with Crippen LogP contribution in [0.5, 0.6) is 0 Å². The second-order valence-electron chi connectivity index (χ2n) is 5.38. The molecule has 1 aliphatic carbocycles. The SMILES string of the molecule is CCOC(=O)c1cnc2[nH]ncc2c1NC1CCCCC1. The van der Waals surface area contributed by atoms with Gasteiger partial charge < -0.3 is 10.1 Å². The highest BCUT2D eigenvalue weighted by Gasteiger charge is 2.21. The van der Waals surface area contributed by atoms with Crippen LogP contribution >= 0.6 is 0 Å². The molecule has 2 N–H and O–H groups in total. The number of aromatic nitrogens is 3. The number of hydrogen-bond donors (Lipinski definition) is 2. The Balaban J connectivity index is 1.97. The van der Waals surface area contributed by atoms with Crippen molar-refractivity contribution in [1.82, 2.24) is 15.2 Å². The smallest absolute Gasteiger partial charge is 0.341 e. The van der Waals surface area contributed by atoms with Gasteiger partial charge in [0.05, 0.1) is 23.9 Å². The molecule has 0 aromatic carbocycles. The van der Waals surface area contributed by atoms with E-state index in [2.05, 4.69) is 20.5 Å². The first-order valence-electron chi connectivity index (χ1n) is 7.55. The lowest BCUT2D eigenvalue weighted by Crippen LogP contribution is -2.24. The Morgan fingerprint density at radius 1 is 1.38 bits per heavy atom. The van der Waals surface area contributed by atoms with Gasteiger partial charge >= 0.3 is 5.97 Å². The summed E-state index contributed by atoms with van der Waals surface area (Å²) in [5.41, 5.74) is 1.96. The molecular formula is C15H20N4O2. The van der Waals surface area contributed by atoms with Gasteiger partial charge in [0, 0.05) is 12.2 Å². The Morgan fingerprint density at radius 2 is 2.19 bits per heavy atom. The van der Waals surface area contributed by atoms with E-state index in [1.165, 1.54) is 19.3 Å². The number of aromatic amines is 1. The van der Waals surface area contributed by atoms with Crippen LogP contribution < -0.4 is 5.32 Å². The molecule has 3 rings (SSSR count). The maximum Gasteiger partial charge on any atom is 0.341 e. The zero-order valence-corrected chi connectivity index (χ0v) is 12.2. The van der Waals surface area contributed by atoms with Crippen molar-refractivity contribution < 1.29 is 9.53 Å². The number of pyridine rings is 1. The first-order chi connectivity index (χ1) is 10.3. The van der Waals surface area contributed by atoms with Gasteiger partial charge in [-0.25, -0.2) is 9.78 Å². The molecule has 1 saturated carbocycles. The number of anilines is 1. The lowest BCUT2D eigenvalue weighted by molar-refractivity contribution is 0.0527. The van der Waals surface area contributed by atoms with Gasteiger partial charge in [-0.3, -0.25) is 5.10 Å². The van der Waals surface area contributed by atoms with Crippen LogP contribution in [0.4, 0.5) is 5.69 Å². The number of nitrogens with one attached hydrogen (secondary N) is 2. The molecule has 0 bridgehead atoms. The molecule has 0 unspecified atom stereocenters. The summed E-state index contributed by atoms with van der Waals surface area (Å²) in [5.74, 6) is -0.341. The molecule has 2 heterocycles. The first kappa shape index (κ1) is 13.9. The molecule has 0 amide bonds. The van der Waals surface area contributed by atoms with E-state index < -0.39 is 0 Å². The highest BCUT2D eigenvalue weighted by molar-refractivity contribution is 6.04. The van der Waals surface area contributed by atoms with Crippen molar-refractivity contribution in [2.75, 3.05) is 11.9 Å². The Kier molecular flexibility index (Phi) is 4.03. The molecule has 0 spiro atoms. The van der Waals surface area contributed by atoms with Crippen molar-refractivity contribution in [3.05, 3.63) is 18.0 Å². The first-order valence-corrected chi connectivity index (χ1v) is 7.55. The van der Waals surface area contributed by atoms with Crippen molar-refractivity contribution >= 4 is 22.7 Å². The lowest BCUT2D eigenvalue weighted by Gasteiger charge is -2.25. The minimum atomic E-state index is -0.341. The van der Waals surface area contributed by atoms with Gasteiger partial charge in [-0.1, -0.05) is 19.3 Å². The molecule has 6 nitrogen and oxygen atoms in total. The van der Waals surface area contributed by atoms with Crippen molar-refractivity contribution in [2.24, 2.45) is 0 Å². The molecule has 1 aliphatic rings. The van der Waals surface area contributed by atoms with Crippen LogP contribution in [0.3, 0.4) is 0 Å². The van der Waals surface area contributed by atoms with Crippen LogP contribution in [0.1, 0.15) is 49.4 Å². The fraction of sp³-hybridized carbons (Fsp3) is 0.533. The Hall–Kier alpha value is -2.11. The summed E-state index contributed by atoms with van der Waals surface area (Å²) in [6.07, 6.45) is 9.27. The van der Waals surface area contributed by atoms with Gasteiger partial charge in [0.1, 0.15) is 5.56 Å². The average molecular weight is 288 g/mol. The highest BCUT2D eigenvalue weighted by atomic mass is 16.5. The molecular weight excluding hydrogens is 268 g/mol. The highest BCUT2D eigenvalue weighted by Crippen LogP contribution is 2.29. The summed E-state index contributed by atoms with van der Waals surface area (Å²) in [6, 6.07) is 0.396. The third-order valence-corrected chi connectivity index (χ3v) is 3.93. The van der Waals surface area contributed by atoms with E-state index in [1.54, 1.807) is 19.3 Å². The second kappa shape index (κ2) is 6.11. The van der Waals surface area contributed by atoms with Crippen molar-refractivity contribution in [3.8, 4) is 0 Å². The minimum absolute atomic E-state index is 0.341. The van der Waals surface area contributed by atoms with Gasteiger partial charge in [-0.2, -0.15) is 5.10 Å². The molecule has 0 radical (unpaired) electrons. The molecule has 2 aromatic heterocycles. The molecule has 0 saturated heterocycles. The summed E-state index contributed by atoms with van der Waals surface area (Å²) >= 11 is 0. The quantitative estimate of drug-likeness (QED) is 0.846. The number of nitrogens with zero attached hydrogens (tertiary/aromatic N) is 2. The Bertz CT molecular complexity index is 632. The largest absolute Gasteiger partial charge is 0.462 e. The molecule has 21 heavy (non-hydrogen) atoms. The van der Waals surface area contributed by atoms with Crippen LogP contribution in [0, 0.1) is 0 Å². The summed E-state index contributed by atoms with van der Waals surface area (Å²) in [4.78, 5) is 16.4. The molecule has 0 aliphatic heterocycles. The van der Waals surface area contributed by atoms with Crippen molar-refractivity contribution in [2.45, 2.75) is 45.1 Å². The number of ether oxygens (including phenoxy) is 1. The van der Waals surface area contributed by atoms with Gasteiger partial charge in [0.2, 0.25) is 0 Å². The zero-order chi connectivity index (χ0) is 14.7. The van der Waals surface area contributed by atoms with Crippen LogP contribution in [0.25, 0.3) is 11.0 Å². The van der Waals surface area contributed by atoms with E-state index in [0.717, 1.165) is 23.9 Å². The number of carbonyl (C=O) groups excluding carboxylic acids is 1. The standard InChI is InChI=1S/C15H20N4O2/c1-2-21-15(20)12-8-16-14-11(9-17-19-14)13(12)18-10-6-4-3-5-7-10/h8-10H,2-7H2,1H3,(H2,16,17,18,19). The molecule has 0 atom stereocenters. The monoisotopic (exact) mass is 288 g/mol. The average Bonchev–Trinajstić information content (AvgIpc) is 2.98. The van der Waals surface area contributed by atoms with E-state index in [1.807, 2.05) is 0 Å². The zero-order valence-electron chi connectivity index (χ0n) is 12.2. The van der Waals surface area contributed by atoms with E-state index in [9.17, 15) is 4.79 Å². The number of rotatable bonds is 4. The van der Waals surface area contributed by atoms with Gasteiger partial charge in [-0.15, -0.1) is 0 Å². The maximum absolute atomic E-state index is 12.1. The summed E-state index contributed by atoms with van der Waals surface area (Å²) in [7, 11) is 0. The van der Waals surface area contributed by atoms with Gasteiger partial charge in [-0.05, 0) is 19.8 Å². The normalized spacial score (nSPS) is 16.0. The van der Waals surface area contributed by atoms with Crippen LogP contribution in [-0.4, -0.2) is 33.8 Å².